The highest BCUT2D eigenvalue weighted by Gasteiger charge is 2.19. The Hall–Kier alpha value is 0.430. The molecule has 2 unspecified atom stereocenters. The summed E-state index contributed by atoms with van der Waals surface area (Å²) in [4.78, 5) is 0. The van der Waals surface area contributed by atoms with Crippen LogP contribution in [0.2, 0.25) is 0 Å². The SMILES string of the molecule is CCCPC(C)(CC)CCC. The predicted octanol–water partition coefficient (Wildman–Crippen LogP) is 4.04. The Morgan fingerprint density at radius 2 is 1.73 bits per heavy atom. The Morgan fingerprint density at radius 1 is 1.09 bits per heavy atom. The Morgan fingerprint density at radius 3 is 2.09 bits per heavy atom. The van der Waals surface area contributed by atoms with E-state index in [2.05, 4.69) is 27.7 Å². The lowest BCUT2D eigenvalue weighted by Crippen LogP contribution is -2.16. The van der Waals surface area contributed by atoms with Crippen LogP contribution in [0.4, 0.5) is 0 Å². The van der Waals surface area contributed by atoms with Crippen LogP contribution in [0.5, 0.6) is 0 Å². The molecule has 68 valence electrons. The standard InChI is InChI=1S/C10H23P/c1-5-8-10(4,7-3)11-9-6-2/h11H,5-9H2,1-4H3. The zero-order valence-corrected chi connectivity index (χ0v) is 9.54. The van der Waals surface area contributed by atoms with Gasteiger partial charge < -0.3 is 0 Å². The Balaban J connectivity index is 3.68. The van der Waals surface area contributed by atoms with Crippen molar-refractivity contribution in [2.45, 2.75) is 58.5 Å². The summed E-state index contributed by atoms with van der Waals surface area (Å²) in [6, 6.07) is 0. The summed E-state index contributed by atoms with van der Waals surface area (Å²) < 4.78 is 0. The van der Waals surface area contributed by atoms with E-state index in [0.717, 1.165) is 0 Å². The maximum atomic E-state index is 2.45. The molecule has 0 amide bonds. The molecule has 0 aliphatic carbocycles. The van der Waals surface area contributed by atoms with Gasteiger partial charge in [-0.3, -0.25) is 0 Å². The number of rotatable bonds is 6. The quantitative estimate of drug-likeness (QED) is 0.533. The van der Waals surface area contributed by atoms with E-state index in [1.165, 1.54) is 40.4 Å². The van der Waals surface area contributed by atoms with E-state index in [1.807, 2.05) is 0 Å². The molecule has 0 nitrogen and oxygen atoms in total. The van der Waals surface area contributed by atoms with Crippen LogP contribution in [0, 0.1) is 0 Å². The van der Waals surface area contributed by atoms with Crippen LogP contribution in [0.15, 0.2) is 0 Å². The maximum absolute atomic E-state index is 2.45. The summed E-state index contributed by atoms with van der Waals surface area (Å²) in [5, 5.41) is 0.671. The van der Waals surface area contributed by atoms with E-state index in [1.54, 1.807) is 0 Å². The fourth-order valence-electron chi connectivity index (χ4n) is 1.37. The molecule has 0 heterocycles. The lowest BCUT2D eigenvalue weighted by molar-refractivity contribution is 0.553. The minimum absolute atomic E-state index is 0.671. The fraction of sp³-hybridized carbons (Fsp3) is 1.00. The molecule has 0 N–H and O–H groups in total. The van der Waals surface area contributed by atoms with Crippen molar-refractivity contribution in [1.29, 1.82) is 0 Å². The molecule has 0 aliphatic heterocycles. The lowest BCUT2D eigenvalue weighted by Gasteiger charge is -2.27. The monoisotopic (exact) mass is 174 g/mol. The van der Waals surface area contributed by atoms with Crippen LogP contribution >= 0.6 is 8.58 Å². The molecule has 1 heteroatoms. The number of hydrogen-bond donors (Lipinski definition) is 0. The van der Waals surface area contributed by atoms with Crippen LogP contribution in [-0.2, 0) is 0 Å². The molecular weight excluding hydrogens is 151 g/mol. The minimum Gasteiger partial charge on any atom is -0.116 e. The summed E-state index contributed by atoms with van der Waals surface area (Å²) >= 11 is 0. The van der Waals surface area contributed by atoms with Crippen LogP contribution in [0.25, 0.3) is 0 Å². The van der Waals surface area contributed by atoms with Crippen LogP contribution in [0.3, 0.4) is 0 Å². The predicted molar refractivity (Wildman–Crippen MR) is 57.1 cm³/mol. The first-order valence-corrected chi connectivity index (χ1v) is 6.14. The van der Waals surface area contributed by atoms with Crippen molar-refractivity contribution in [2.75, 3.05) is 6.16 Å². The molecule has 11 heavy (non-hydrogen) atoms. The van der Waals surface area contributed by atoms with E-state index in [-0.39, 0.29) is 0 Å². The smallest absolute Gasteiger partial charge is 0.0153 e. The van der Waals surface area contributed by atoms with Gasteiger partial charge in [0.1, 0.15) is 0 Å². The van der Waals surface area contributed by atoms with Crippen molar-refractivity contribution in [3.63, 3.8) is 0 Å². The van der Waals surface area contributed by atoms with Gasteiger partial charge in [0.25, 0.3) is 0 Å². The summed E-state index contributed by atoms with van der Waals surface area (Å²) in [6.45, 7) is 9.36. The molecule has 0 radical (unpaired) electrons. The zero-order chi connectivity index (χ0) is 8.74. The average Bonchev–Trinajstić information content (AvgIpc) is 2.02. The highest BCUT2D eigenvalue weighted by molar-refractivity contribution is 7.39. The molecule has 0 saturated heterocycles. The third kappa shape index (κ3) is 4.80. The van der Waals surface area contributed by atoms with Gasteiger partial charge in [0.15, 0.2) is 0 Å². The fourth-order valence-corrected chi connectivity index (χ4v) is 2.90. The second kappa shape index (κ2) is 6.00. The third-order valence-corrected chi connectivity index (χ3v) is 4.59. The van der Waals surface area contributed by atoms with Crippen molar-refractivity contribution in [2.24, 2.45) is 0 Å². The van der Waals surface area contributed by atoms with E-state index >= 15 is 0 Å². The first-order valence-electron chi connectivity index (χ1n) is 4.93. The van der Waals surface area contributed by atoms with E-state index < -0.39 is 0 Å². The van der Waals surface area contributed by atoms with E-state index in [9.17, 15) is 0 Å². The molecule has 0 aromatic heterocycles. The highest BCUT2D eigenvalue weighted by atomic mass is 31.1. The molecule has 0 aromatic rings. The van der Waals surface area contributed by atoms with Gasteiger partial charge in [-0.25, -0.2) is 0 Å². The van der Waals surface area contributed by atoms with Gasteiger partial charge in [-0.15, -0.1) is 8.58 Å². The van der Waals surface area contributed by atoms with Crippen molar-refractivity contribution in [3.8, 4) is 0 Å². The van der Waals surface area contributed by atoms with E-state index in [0.29, 0.717) is 5.16 Å². The van der Waals surface area contributed by atoms with Crippen molar-refractivity contribution in [3.05, 3.63) is 0 Å². The van der Waals surface area contributed by atoms with Gasteiger partial charge >= 0.3 is 0 Å². The molecule has 0 saturated carbocycles. The molecule has 0 aromatic carbocycles. The Labute approximate surface area is 73.9 Å². The van der Waals surface area contributed by atoms with Gasteiger partial charge in [-0.2, -0.15) is 0 Å². The lowest BCUT2D eigenvalue weighted by atomic mass is 10.0. The van der Waals surface area contributed by atoms with Crippen LogP contribution in [-0.4, -0.2) is 11.3 Å². The molecule has 0 rings (SSSR count). The Kier molecular flexibility index (Phi) is 6.24. The number of hydrogen-bond acceptors (Lipinski definition) is 0. The molecule has 0 fully saturated rings. The highest BCUT2D eigenvalue weighted by Crippen LogP contribution is 2.38. The first kappa shape index (κ1) is 11.4. The normalized spacial score (nSPS) is 17.5. The summed E-state index contributed by atoms with van der Waals surface area (Å²) in [5.41, 5.74) is 0. The van der Waals surface area contributed by atoms with Gasteiger partial charge in [0.05, 0.1) is 0 Å². The topological polar surface area (TPSA) is 0 Å². The second-order valence-electron chi connectivity index (χ2n) is 3.59. The van der Waals surface area contributed by atoms with E-state index in [4.69, 9.17) is 0 Å². The van der Waals surface area contributed by atoms with Gasteiger partial charge in [-0.05, 0) is 24.2 Å². The zero-order valence-electron chi connectivity index (χ0n) is 8.54. The van der Waals surface area contributed by atoms with Crippen molar-refractivity contribution in [1.82, 2.24) is 0 Å². The molecule has 2 atom stereocenters. The first-order chi connectivity index (χ1) is 5.18. The molecule has 0 spiro atoms. The largest absolute Gasteiger partial charge is 0.116 e. The molecule has 0 aliphatic rings. The summed E-state index contributed by atoms with van der Waals surface area (Å²) in [7, 11) is 1.18. The molecule has 0 bridgehead atoms. The average molecular weight is 174 g/mol. The van der Waals surface area contributed by atoms with Gasteiger partial charge in [0, 0.05) is 0 Å². The minimum atomic E-state index is 0.671. The van der Waals surface area contributed by atoms with Gasteiger partial charge in [-0.1, -0.05) is 40.5 Å². The Bertz CT molecular complexity index is 90.9. The summed E-state index contributed by atoms with van der Waals surface area (Å²) in [6.07, 6.45) is 6.92. The molecular formula is C10H23P. The van der Waals surface area contributed by atoms with Crippen LogP contribution in [0.1, 0.15) is 53.4 Å². The van der Waals surface area contributed by atoms with Gasteiger partial charge in [0.2, 0.25) is 0 Å². The van der Waals surface area contributed by atoms with Crippen molar-refractivity contribution < 1.29 is 0 Å². The third-order valence-electron chi connectivity index (χ3n) is 2.38. The summed E-state index contributed by atoms with van der Waals surface area (Å²) in [5.74, 6) is 0. The van der Waals surface area contributed by atoms with Crippen molar-refractivity contribution >= 4 is 8.58 Å². The maximum Gasteiger partial charge on any atom is -0.0153 e. The van der Waals surface area contributed by atoms with Crippen LogP contribution < -0.4 is 0 Å². The second-order valence-corrected chi connectivity index (χ2v) is 5.65.